The molecule has 1 aromatic carbocycles. The topological polar surface area (TPSA) is 90.6 Å². The number of aromatic nitrogens is 3. The summed E-state index contributed by atoms with van der Waals surface area (Å²) in [6.07, 6.45) is 0.238. The number of benzene rings is 1. The zero-order valence-corrected chi connectivity index (χ0v) is 11.5. The van der Waals surface area contributed by atoms with Gasteiger partial charge in [-0.1, -0.05) is 6.07 Å². The molecule has 6 nitrogen and oxygen atoms in total. The minimum atomic E-state index is -0.250. The van der Waals surface area contributed by atoms with E-state index in [-0.39, 0.29) is 18.0 Å². The molecule has 3 N–H and O–H groups in total. The number of aromatic amines is 2. The van der Waals surface area contributed by atoms with Crippen molar-refractivity contribution in [2.24, 2.45) is 0 Å². The molecule has 2 aromatic heterocycles. The maximum absolute atomic E-state index is 11.9. The molecule has 0 atom stereocenters. The number of imidazole rings is 1. The normalized spacial score (nSPS) is 10.8. The Bertz CT molecular complexity index is 830. The maximum atomic E-state index is 11.9. The molecule has 0 spiro atoms. The molecule has 0 radical (unpaired) electrons. The molecular weight excluding hydrogens is 276 g/mol. The van der Waals surface area contributed by atoms with Crippen LogP contribution in [-0.4, -0.2) is 20.9 Å². The van der Waals surface area contributed by atoms with E-state index >= 15 is 0 Å². The van der Waals surface area contributed by atoms with Crippen LogP contribution < -0.4 is 11.0 Å². The third-order valence-corrected chi connectivity index (χ3v) is 3.69. The lowest BCUT2D eigenvalue weighted by atomic mass is 10.1. The van der Waals surface area contributed by atoms with Crippen LogP contribution in [0.3, 0.4) is 0 Å². The number of hydrogen-bond donors (Lipinski definition) is 3. The van der Waals surface area contributed by atoms with Crippen molar-refractivity contribution in [2.45, 2.75) is 13.3 Å². The van der Waals surface area contributed by atoms with Crippen LogP contribution in [0.2, 0.25) is 0 Å². The Balaban J connectivity index is 1.75. The Kier molecular flexibility index (Phi) is 3.11. The molecular formula is C13H12N4O2S. The Hall–Kier alpha value is -2.41. The number of nitrogens with one attached hydrogen (secondary N) is 3. The molecule has 0 fully saturated rings. The van der Waals surface area contributed by atoms with Gasteiger partial charge in [-0.2, -0.15) is 0 Å². The molecule has 7 heteroatoms. The van der Waals surface area contributed by atoms with Gasteiger partial charge in [0, 0.05) is 5.38 Å². The molecule has 0 bridgehead atoms. The van der Waals surface area contributed by atoms with E-state index in [0.29, 0.717) is 10.6 Å². The number of fused-ring (bicyclic) bond motifs is 1. The van der Waals surface area contributed by atoms with E-state index in [1.807, 2.05) is 18.4 Å². The smallest absolute Gasteiger partial charge is 0.306 e. The van der Waals surface area contributed by atoms with E-state index in [1.54, 1.807) is 12.1 Å². The fourth-order valence-corrected chi connectivity index (χ4v) is 2.65. The average Bonchev–Trinajstić information content (AvgIpc) is 2.93. The Morgan fingerprint density at radius 3 is 2.90 bits per heavy atom. The summed E-state index contributed by atoms with van der Waals surface area (Å²) in [6, 6.07) is 5.39. The van der Waals surface area contributed by atoms with Gasteiger partial charge < -0.3 is 15.3 Å². The maximum Gasteiger partial charge on any atom is 0.323 e. The zero-order valence-electron chi connectivity index (χ0n) is 10.7. The molecule has 0 saturated heterocycles. The predicted molar refractivity (Wildman–Crippen MR) is 78.1 cm³/mol. The van der Waals surface area contributed by atoms with Gasteiger partial charge in [0.25, 0.3) is 0 Å². The number of anilines is 1. The van der Waals surface area contributed by atoms with Crippen LogP contribution in [0, 0.1) is 6.92 Å². The molecule has 0 unspecified atom stereocenters. The van der Waals surface area contributed by atoms with E-state index in [1.165, 1.54) is 11.3 Å². The molecule has 0 aliphatic heterocycles. The van der Waals surface area contributed by atoms with Crippen LogP contribution in [0.15, 0.2) is 28.4 Å². The summed E-state index contributed by atoms with van der Waals surface area (Å²) in [4.78, 5) is 32.6. The Morgan fingerprint density at radius 2 is 2.15 bits per heavy atom. The minimum absolute atomic E-state index is 0.128. The summed E-state index contributed by atoms with van der Waals surface area (Å²) in [7, 11) is 0. The van der Waals surface area contributed by atoms with Crippen LogP contribution in [0.5, 0.6) is 0 Å². The molecule has 20 heavy (non-hydrogen) atoms. The van der Waals surface area contributed by atoms with Crippen LogP contribution in [0.4, 0.5) is 5.13 Å². The average molecular weight is 288 g/mol. The van der Waals surface area contributed by atoms with Gasteiger partial charge in [-0.25, -0.2) is 9.78 Å². The van der Waals surface area contributed by atoms with Gasteiger partial charge in [-0.15, -0.1) is 11.3 Å². The number of H-pyrrole nitrogens is 2. The van der Waals surface area contributed by atoms with Gasteiger partial charge in [0.2, 0.25) is 5.91 Å². The quantitative estimate of drug-likeness (QED) is 0.686. The van der Waals surface area contributed by atoms with Crippen molar-refractivity contribution in [3.63, 3.8) is 0 Å². The first kappa shape index (κ1) is 12.6. The highest BCUT2D eigenvalue weighted by Gasteiger charge is 2.08. The highest BCUT2D eigenvalue weighted by atomic mass is 32.1. The highest BCUT2D eigenvalue weighted by Crippen LogP contribution is 2.15. The predicted octanol–water partition coefficient (Wildman–Crippen LogP) is 1.80. The first-order valence-corrected chi connectivity index (χ1v) is 6.91. The van der Waals surface area contributed by atoms with Crippen LogP contribution in [-0.2, 0) is 11.2 Å². The largest absolute Gasteiger partial charge is 0.323 e. The highest BCUT2D eigenvalue weighted by molar-refractivity contribution is 7.13. The van der Waals surface area contributed by atoms with Crippen molar-refractivity contribution >= 4 is 33.4 Å². The lowest BCUT2D eigenvalue weighted by molar-refractivity contribution is -0.115. The molecule has 1 amide bonds. The van der Waals surface area contributed by atoms with Crippen molar-refractivity contribution in [3.05, 3.63) is 45.3 Å². The van der Waals surface area contributed by atoms with E-state index in [9.17, 15) is 9.59 Å². The Labute approximate surface area is 117 Å². The van der Waals surface area contributed by atoms with E-state index in [4.69, 9.17) is 0 Å². The van der Waals surface area contributed by atoms with E-state index in [2.05, 4.69) is 20.3 Å². The summed E-state index contributed by atoms with van der Waals surface area (Å²) >= 11 is 1.40. The fourth-order valence-electron chi connectivity index (χ4n) is 1.95. The van der Waals surface area contributed by atoms with Gasteiger partial charge in [-0.05, 0) is 24.6 Å². The van der Waals surface area contributed by atoms with Crippen molar-refractivity contribution in [2.75, 3.05) is 5.32 Å². The number of amides is 1. The van der Waals surface area contributed by atoms with Gasteiger partial charge in [0.15, 0.2) is 5.13 Å². The summed E-state index contributed by atoms with van der Waals surface area (Å²) in [5.41, 5.74) is 2.90. The summed E-state index contributed by atoms with van der Waals surface area (Å²) in [5.74, 6) is -0.128. The SMILES string of the molecule is Cc1csc(NC(=O)Cc2ccc3[nH]c(=O)[nH]c3c2)n1. The zero-order chi connectivity index (χ0) is 14.1. The van der Waals surface area contributed by atoms with Gasteiger partial charge >= 0.3 is 5.69 Å². The molecule has 0 saturated carbocycles. The van der Waals surface area contributed by atoms with Crippen molar-refractivity contribution < 1.29 is 4.79 Å². The molecule has 0 aliphatic carbocycles. The first-order valence-electron chi connectivity index (χ1n) is 6.03. The van der Waals surface area contributed by atoms with Crippen LogP contribution in [0.25, 0.3) is 11.0 Å². The molecule has 0 aliphatic rings. The standard InChI is InChI=1S/C13H12N4O2S/c1-7-6-20-13(14-7)17-11(18)5-8-2-3-9-10(4-8)16-12(19)15-9/h2-4,6H,5H2,1H3,(H,14,17,18)(H2,15,16,19). The lowest BCUT2D eigenvalue weighted by Crippen LogP contribution is -2.14. The molecule has 3 rings (SSSR count). The number of carbonyl (C=O) groups is 1. The number of rotatable bonds is 3. The number of carbonyl (C=O) groups excluding carboxylic acids is 1. The van der Waals surface area contributed by atoms with E-state index < -0.39 is 0 Å². The van der Waals surface area contributed by atoms with Crippen molar-refractivity contribution in [3.8, 4) is 0 Å². The lowest BCUT2D eigenvalue weighted by Gasteiger charge is -2.02. The number of thiazole rings is 1. The molecule has 2 heterocycles. The second-order valence-corrected chi connectivity index (χ2v) is 5.34. The van der Waals surface area contributed by atoms with Gasteiger partial charge in [-0.3, -0.25) is 4.79 Å². The van der Waals surface area contributed by atoms with E-state index in [0.717, 1.165) is 16.8 Å². The minimum Gasteiger partial charge on any atom is -0.306 e. The first-order chi connectivity index (χ1) is 9.60. The number of aryl methyl sites for hydroxylation is 1. The van der Waals surface area contributed by atoms with Crippen LogP contribution >= 0.6 is 11.3 Å². The number of nitrogens with zero attached hydrogens (tertiary/aromatic N) is 1. The summed E-state index contributed by atoms with van der Waals surface area (Å²) < 4.78 is 0. The molecule has 102 valence electrons. The second-order valence-electron chi connectivity index (χ2n) is 4.48. The van der Waals surface area contributed by atoms with Gasteiger partial charge in [0.1, 0.15) is 0 Å². The third-order valence-electron chi connectivity index (χ3n) is 2.81. The Morgan fingerprint density at radius 1 is 1.35 bits per heavy atom. The van der Waals surface area contributed by atoms with Crippen molar-refractivity contribution in [1.82, 2.24) is 15.0 Å². The summed E-state index contributed by atoms with van der Waals surface area (Å²) in [5, 5.41) is 5.23. The van der Waals surface area contributed by atoms with Gasteiger partial charge in [0.05, 0.1) is 23.1 Å². The van der Waals surface area contributed by atoms with Crippen LogP contribution in [0.1, 0.15) is 11.3 Å². The fraction of sp³-hybridized carbons (Fsp3) is 0.154. The summed E-state index contributed by atoms with van der Waals surface area (Å²) in [6.45, 7) is 1.88. The third kappa shape index (κ3) is 2.62. The monoisotopic (exact) mass is 288 g/mol. The molecule has 3 aromatic rings. The number of hydrogen-bond acceptors (Lipinski definition) is 4. The van der Waals surface area contributed by atoms with Crippen molar-refractivity contribution in [1.29, 1.82) is 0 Å². The second kappa shape index (κ2) is 4.93.